The van der Waals surface area contributed by atoms with Gasteiger partial charge in [-0.25, -0.2) is 4.79 Å². The van der Waals surface area contributed by atoms with Crippen LogP contribution in [0.4, 0.5) is 0 Å². The minimum Gasteiger partial charge on any atom is -0.481 e. The van der Waals surface area contributed by atoms with Crippen molar-refractivity contribution in [2.75, 3.05) is 12.0 Å². The van der Waals surface area contributed by atoms with Crippen LogP contribution in [-0.4, -0.2) is 76.0 Å². The van der Waals surface area contributed by atoms with Crippen LogP contribution in [0.25, 0.3) is 0 Å². The van der Waals surface area contributed by atoms with Crippen molar-refractivity contribution in [2.45, 2.75) is 70.1 Å². The Balaban J connectivity index is 3.09. The van der Waals surface area contributed by atoms with Crippen molar-refractivity contribution in [2.24, 2.45) is 11.7 Å². The van der Waals surface area contributed by atoms with Gasteiger partial charge in [-0.3, -0.25) is 19.2 Å². The quantitative estimate of drug-likeness (QED) is 0.166. The van der Waals surface area contributed by atoms with E-state index in [-0.39, 0.29) is 25.2 Å². The third-order valence-corrected chi connectivity index (χ3v) is 6.62. The Morgan fingerprint density at radius 1 is 0.892 bits per heavy atom. The Hall–Kier alpha value is -3.12. The van der Waals surface area contributed by atoms with E-state index in [1.54, 1.807) is 24.3 Å². The highest BCUT2D eigenvalue weighted by Crippen LogP contribution is 2.10. The number of carboxylic acid groups (broad SMARTS) is 2. The topological polar surface area (TPSA) is 188 Å². The Morgan fingerprint density at radius 3 is 2.00 bits per heavy atom. The second-order valence-corrected chi connectivity index (χ2v) is 9.82. The number of carbonyl (C=O) groups excluding carboxylic acids is 3. The van der Waals surface area contributed by atoms with E-state index in [1.807, 2.05) is 26.2 Å². The molecule has 1 rings (SSSR count). The number of hydrogen-bond acceptors (Lipinski definition) is 7. The summed E-state index contributed by atoms with van der Waals surface area (Å²) in [4.78, 5) is 61.4. The maximum Gasteiger partial charge on any atom is 0.326 e. The molecule has 1 aromatic carbocycles. The number of amides is 3. The molecular formula is C25H38N4O7S. The third-order valence-electron chi connectivity index (χ3n) is 5.98. The van der Waals surface area contributed by atoms with Crippen LogP contribution in [0.5, 0.6) is 0 Å². The molecule has 0 saturated carbocycles. The molecule has 0 bridgehead atoms. The van der Waals surface area contributed by atoms with E-state index in [0.717, 1.165) is 5.56 Å². The monoisotopic (exact) mass is 538 g/mol. The summed E-state index contributed by atoms with van der Waals surface area (Å²) >= 11 is 1.43. The van der Waals surface area contributed by atoms with Gasteiger partial charge in [0.1, 0.15) is 18.1 Å². The minimum absolute atomic E-state index is 0.112. The van der Waals surface area contributed by atoms with Gasteiger partial charge in [0.25, 0.3) is 0 Å². The molecule has 12 heteroatoms. The summed E-state index contributed by atoms with van der Waals surface area (Å²) < 4.78 is 0. The fourth-order valence-electron chi connectivity index (χ4n) is 3.41. The SMILES string of the molecule is CCC(C)C(N)C(=O)NC(Cc1ccccc1)C(=O)NC(CCSC)C(=O)NC(CCC(=O)O)C(=O)O. The predicted molar refractivity (Wildman–Crippen MR) is 141 cm³/mol. The number of thioether (sulfide) groups is 1. The van der Waals surface area contributed by atoms with Crippen molar-refractivity contribution >= 4 is 41.4 Å². The molecule has 0 aliphatic rings. The zero-order chi connectivity index (χ0) is 28.0. The number of nitrogens with one attached hydrogen (secondary N) is 3. The molecule has 7 N–H and O–H groups in total. The number of nitrogens with two attached hydrogens (primary N) is 1. The van der Waals surface area contributed by atoms with E-state index in [1.165, 1.54) is 11.8 Å². The molecule has 0 aromatic heterocycles. The number of carboxylic acids is 2. The maximum absolute atomic E-state index is 13.3. The van der Waals surface area contributed by atoms with Crippen LogP contribution < -0.4 is 21.7 Å². The van der Waals surface area contributed by atoms with Gasteiger partial charge in [0.05, 0.1) is 6.04 Å². The molecule has 5 unspecified atom stereocenters. The first kappa shape index (κ1) is 31.9. The molecule has 11 nitrogen and oxygen atoms in total. The van der Waals surface area contributed by atoms with Gasteiger partial charge in [-0.05, 0) is 36.3 Å². The lowest BCUT2D eigenvalue weighted by Gasteiger charge is -2.26. The van der Waals surface area contributed by atoms with Crippen LogP contribution in [-0.2, 0) is 30.4 Å². The number of hydrogen-bond donors (Lipinski definition) is 6. The van der Waals surface area contributed by atoms with Gasteiger partial charge in [0, 0.05) is 12.8 Å². The molecular weight excluding hydrogens is 500 g/mol. The second-order valence-electron chi connectivity index (χ2n) is 8.84. The summed E-state index contributed by atoms with van der Waals surface area (Å²) in [5.74, 6) is -4.05. The van der Waals surface area contributed by atoms with Crippen LogP contribution >= 0.6 is 11.8 Å². The largest absolute Gasteiger partial charge is 0.481 e. The van der Waals surface area contributed by atoms with E-state index in [2.05, 4.69) is 16.0 Å². The highest BCUT2D eigenvalue weighted by atomic mass is 32.2. The number of benzene rings is 1. The smallest absolute Gasteiger partial charge is 0.326 e. The molecule has 0 radical (unpaired) electrons. The molecule has 206 valence electrons. The van der Waals surface area contributed by atoms with E-state index >= 15 is 0 Å². The molecule has 0 fully saturated rings. The van der Waals surface area contributed by atoms with Crippen molar-refractivity contribution in [3.63, 3.8) is 0 Å². The fraction of sp³-hybridized carbons (Fsp3) is 0.560. The van der Waals surface area contributed by atoms with Gasteiger partial charge in [0.2, 0.25) is 17.7 Å². The van der Waals surface area contributed by atoms with Crippen LogP contribution in [0.15, 0.2) is 30.3 Å². The van der Waals surface area contributed by atoms with E-state index in [9.17, 15) is 29.1 Å². The molecule has 0 saturated heterocycles. The molecule has 0 heterocycles. The summed E-state index contributed by atoms with van der Waals surface area (Å²) in [7, 11) is 0. The van der Waals surface area contributed by atoms with Gasteiger partial charge in [-0.1, -0.05) is 50.6 Å². The summed E-state index contributed by atoms with van der Waals surface area (Å²) in [6.45, 7) is 3.74. The van der Waals surface area contributed by atoms with Crippen molar-refractivity contribution in [1.82, 2.24) is 16.0 Å². The summed E-state index contributed by atoms with van der Waals surface area (Å²) in [6, 6.07) is 4.66. The standard InChI is InChI=1S/C25H38N4O7S/c1-4-15(2)21(26)24(34)29-19(14-16-8-6-5-7-9-16)23(33)27-17(12-13-37-3)22(32)28-18(25(35)36)10-11-20(30)31/h5-9,15,17-19,21H,4,10-14,26H2,1-3H3,(H,27,33)(H,28,32)(H,29,34)(H,30,31)(H,35,36). The van der Waals surface area contributed by atoms with E-state index < -0.39 is 60.2 Å². The normalized spacial score (nSPS) is 14.9. The highest BCUT2D eigenvalue weighted by Gasteiger charge is 2.31. The number of aliphatic carboxylic acids is 2. The minimum atomic E-state index is -1.43. The summed E-state index contributed by atoms with van der Waals surface area (Å²) in [6.07, 6.45) is 2.09. The molecule has 0 spiro atoms. The zero-order valence-electron chi connectivity index (χ0n) is 21.4. The summed E-state index contributed by atoms with van der Waals surface area (Å²) in [5, 5.41) is 25.9. The lowest BCUT2D eigenvalue weighted by molar-refractivity contribution is -0.143. The fourth-order valence-corrected chi connectivity index (χ4v) is 3.89. The maximum atomic E-state index is 13.3. The molecule has 37 heavy (non-hydrogen) atoms. The van der Waals surface area contributed by atoms with Crippen molar-refractivity contribution < 1.29 is 34.2 Å². The first-order valence-corrected chi connectivity index (χ1v) is 13.5. The Bertz CT molecular complexity index is 916. The number of rotatable bonds is 17. The first-order chi connectivity index (χ1) is 17.5. The Morgan fingerprint density at radius 2 is 1.46 bits per heavy atom. The van der Waals surface area contributed by atoms with Gasteiger partial charge in [-0.15, -0.1) is 0 Å². The Kier molecular flexibility index (Phi) is 14.3. The average molecular weight is 539 g/mol. The second kappa shape index (κ2) is 16.6. The van der Waals surface area contributed by atoms with E-state index in [4.69, 9.17) is 10.8 Å². The van der Waals surface area contributed by atoms with Crippen LogP contribution in [0.3, 0.4) is 0 Å². The van der Waals surface area contributed by atoms with Crippen molar-refractivity contribution in [1.29, 1.82) is 0 Å². The third kappa shape index (κ3) is 11.6. The van der Waals surface area contributed by atoms with Crippen LogP contribution in [0, 0.1) is 5.92 Å². The van der Waals surface area contributed by atoms with Crippen LogP contribution in [0.2, 0.25) is 0 Å². The average Bonchev–Trinajstić information content (AvgIpc) is 2.87. The first-order valence-electron chi connectivity index (χ1n) is 12.1. The van der Waals surface area contributed by atoms with Gasteiger partial charge in [-0.2, -0.15) is 11.8 Å². The van der Waals surface area contributed by atoms with Gasteiger partial charge in [0.15, 0.2) is 0 Å². The zero-order valence-corrected chi connectivity index (χ0v) is 22.3. The van der Waals surface area contributed by atoms with E-state index in [0.29, 0.717) is 12.2 Å². The van der Waals surface area contributed by atoms with Gasteiger partial charge < -0.3 is 31.9 Å². The van der Waals surface area contributed by atoms with Gasteiger partial charge >= 0.3 is 11.9 Å². The Labute approximate surface area is 221 Å². The molecule has 0 aliphatic carbocycles. The van der Waals surface area contributed by atoms with Crippen LogP contribution in [0.1, 0.15) is 45.1 Å². The number of carbonyl (C=O) groups is 5. The lowest BCUT2D eigenvalue weighted by atomic mass is 9.98. The molecule has 3 amide bonds. The predicted octanol–water partition coefficient (Wildman–Crippen LogP) is 0.759. The molecule has 5 atom stereocenters. The highest BCUT2D eigenvalue weighted by molar-refractivity contribution is 7.98. The van der Waals surface area contributed by atoms with Crippen molar-refractivity contribution in [3.8, 4) is 0 Å². The van der Waals surface area contributed by atoms with Crippen molar-refractivity contribution in [3.05, 3.63) is 35.9 Å². The summed E-state index contributed by atoms with van der Waals surface area (Å²) in [5.41, 5.74) is 6.84. The molecule has 1 aromatic rings. The molecule has 0 aliphatic heterocycles. The lowest BCUT2D eigenvalue weighted by Crippen LogP contribution is -2.58.